The van der Waals surface area contributed by atoms with E-state index in [4.69, 9.17) is 5.73 Å². The summed E-state index contributed by atoms with van der Waals surface area (Å²) in [5.41, 5.74) is 10.8. The first-order valence-electron chi connectivity index (χ1n) is 6.71. The third-order valence-corrected chi connectivity index (χ3v) is 3.82. The van der Waals surface area contributed by atoms with Crippen LogP contribution in [0.3, 0.4) is 0 Å². The van der Waals surface area contributed by atoms with Crippen LogP contribution in [0.15, 0.2) is 12.1 Å². The molecule has 0 amide bonds. The number of carbonyl (C=O) groups excluding carboxylic acids is 1. The van der Waals surface area contributed by atoms with Crippen LogP contribution in [-0.2, 0) is 11.2 Å². The number of benzene rings is 1. The normalized spacial score (nSPS) is 14.3. The summed E-state index contributed by atoms with van der Waals surface area (Å²) in [7, 11) is 0. The first-order valence-corrected chi connectivity index (χ1v) is 6.71. The molecule has 2 N–H and O–H groups in total. The Kier molecular flexibility index (Phi) is 5.09. The van der Waals surface area contributed by atoms with Gasteiger partial charge in [0.05, 0.1) is 6.04 Å². The first-order chi connectivity index (χ1) is 8.36. The maximum Gasteiger partial charge on any atom is 0.154 e. The number of nitrogens with two attached hydrogens (primary N) is 1. The summed E-state index contributed by atoms with van der Waals surface area (Å²) in [5.74, 6) is 0.406. The molecule has 0 heterocycles. The molecular formula is C16H25NO. The van der Waals surface area contributed by atoms with Crippen molar-refractivity contribution in [2.24, 2.45) is 11.7 Å². The van der Waals surface area contributed by atoms with E-state index in [-0.39, 0.29) is 17.7 Å². The molecule has 1 rings (SSSR count). The Labute approximate surface area is 111 Å². The molecule has 1 aromatic carbocycles. The van der Waals surface area contributed by atoms with Gasteiger partial charge in [-0.2, -0.15) is 0 Å². The van der Waals surface area contributed by atoms with Gasteiger partial charge in [0.1, 0.15) is 0 Å². The van der Waals surface area contributed by atoms with Gasteiger partial charge in [0.15, 0.2) is 5.78 Å². The first kappa shape index (κ1) is 14.9. The van der Waals surface area contributed by atoms with Crippen molar-refractivity contribution in [2.45, 2.75) is 53.5 Å². The second-order valence-electron chi connectivity index (χ2n) is 5.43. The summed E-state index contributed by atoms with van der Waals surface area (Å²) in [6, 6.07) is 3.92. The zero-order chi connectivity index (χ0) is 13.9. The molecule has 0 saturated carbocycles. The van der Waals surface area contributed by atoms with Gasteiger partial charge in [0, 0.05) is 6.42 Å². The van der Waals surface area contributed by atoms with Crippen LogP contribution in [0.2, 0.25) is 0 Å². The fraction of sp³-hybridized carbons (Fsp3) is 0.562. The Balaban J connectivity index is 2.89. The van der Waals surface area contributed by atoms with E-state index in [2.05, 4.69) is 39.8 Å². The van der Waals surface area contributed by atoms with Gasteiger partial charge in [-0.25, -0.2) is 0 Å². The number of hydrogen-bond donors (Lipinski definition) is 1. The molecule has 0 radical (unpaired) electrons. The zero-order valence-electron chi connectivity index (χ0n) is 12.2. The average Bonchev–Trinajstić information content (AvgIpc) is 2.31. The van der Waals surface area contributed by atoms with Gasteiger partial charge in [-0.05, 0) is 43.4 Å². The monoisotopic (exact) mass is 247 g/mol. The number of Topliss-reactive ketones (excluding diaryl/α,β-unsaturated/α-hetero) is 1. The number of aryl methyl sites for hydroxylation is 3. The summed E-state index contributed by atoms with van der Waals surface area (Å²) >= 11 is 0. The molecule has 0 spiro atoms. The fourth-order valence-electron chi connectivity index (χ4n) is 2.35. The summed E-state index contributed by atoms with van der Waals surface area (Å²) in [6.07, 6.45) is 1.40. The molecule has 0 bridgehead atoms. The van der Waals surface area contributed by atoms with Gasteiger partial charge in [-0.1, -0.05) is 38.0 Å². The van der Waals surface area contributed by atoms with Crippen LogP contribution < -0.4 is 5.73 Å². The number of rotatable bonds is 5. The minimum atomic E-state index is -0.338. The summed E-state index contributed by atoms with van der Waals surface area (Å²) < 4.78 is 0. The van der Waals surface area contributed by atoms with Gasteiger partial charge >= 0.3 is 0 Å². The summed E-state index contributed by atoms with van der Waals surface area (Å²) in [4.78, 5) is 12.2. The molecule has 1 aromatic rings. The standard InChI is InChI=1S/C16H25NO/c1-6-11(3)16(17)15(18)9-14-12(4)7-10(2)8-13(14)5/h7-8,11,16H,6,9,17H2,1-5H3. The SMILES string of the molecule is CCC(C)C(N)C(=O)Cc1c(C)cc(C)cc1C. The van der Waals surface area contributed by atoms with Crippen LogP contribution in [0.25, 0.3) is 0 Å². The van der Waals surface area contributed by atoms with Crippen molar-refractivity contribution in [1.29, 1.82) is 0 Å². The van der Waals surface area contributed by atoms with Gasteiger partial charge in [-0.3, -0.25) is 4.79 Å². The number of ketones is 1. The largest absolute Gasteiger partial charge is 0.321 e. The van der Waals surface area contributed by atoms with E-state index in [1.165, 1.54) is 16.7 Å². The number of carbonyl (C=O) groups is 1. The lowest BCUT2D eigenvalue weighted by Crippen LogP contribution is -2.37. The highest BCUT2D eigenvalue weighted by atomic mass is 16.1. The van der Waals surface area contributed by atoms with Crippen LogP contribution in [0.1, 0.15) is 42.5 Å². The quantitative estimate of drug-likeness (QED) is 0.869. The van der Waals surface area contributed by atoms with E-state index in [0.29, 0.717) is 6.42 Å². The van der Waals surface area contributed by atoms with Gasteiger partial charge in [0.25, 0.3) is 0 Å². The van der Waals surface area contributed by atoms with Gasteiger partial charge in [0.2, 0.25) is 0 Å². The highest BCUT2D eigenvalue weighted by molar-refractivity contribution is 5.86. The Hall–Kier alpha value is -1.15. The zero-order valence-corrected chi connectivity index (χ0v) is 12.2. The van der Waals surface area contributed by atoms with Crippen LogP contribution in [0, 0.1) is 26.7 Å². The molecule has 0 aromatic heterocycles. The molecule has 0 saturated heterocycles. The average molecular weight is 247 g/mol. The second kappa shape index (κ2) is 6.14. The molecule has 2 heteroatoms. The van der Waals surface area contributed by atoms with E-state index in [1.54, 1.807) is 0 Å². The highest BCUT2D eigenvalue weighted by Gasteiger charge is 2.20. The van der Waals surface area contributed by atoms with Crippen molar-refractivity contribution in [3.63, 3.8) is 0 Å². The third kappa shape index (κ3) is 3.42. The van der Waals surface area contributed by atoms with Crippen LogP contribution in [0.4, 0.5) is 0 Å². The molecule has 0 aliphatic heterocycles. The predicted octanol–water partition coefficient (Wildman–Crippen LogP) is 3.10. The van der Waals surface area contributed by atoms with Crippen LogP contribution in [-0.4, -0.2) is 11.8 Å². The minimum Gasteiger partial charge on any atom is -0.321 e. The number of hydrogen-bond acceptors (Lipinski definition) is 2. The second-order valence-corrected chi connectivity index (χ2v) is 5.43. The molecular weight excluding hydrogens is 222 g/mol. The maximum atomic E-state index is 12.2. The molecule has 100 valence electrons. The van der Waals surface area contributed by atoms with Crippen LogP contribution in [0.5, 0.6) is 0 Å². The van der Waals surface area contributed by atoms with Gasteiger partial charge < -0.3 is 5.73 Å². The lowest BCUT2D eigenvalue weighted by molar-refractivity contribution is -0.120. The molecule has 18 heavy (non-hydrogen) atoms. The van der Waals surface area contributed by atoms with E-state index < -0.39 is 0 Å². The molecule has 0 aliphatic carbocycles. The summed E-state index contributed by atoms with van der Waals surface area (Å²) in [5, 5.41) is 0. The van der Waals surface area contributed by atoms with Crippen molar-refractivity contribution >= 4 is 5.78 Å². The smallest absolute Gasteiger partial charge is 0.154 e. The van der Waals surface area contributed by atoms with Crippen molar-refractivity contribution < 1.29 is 4.79 Å². The molecule has 2 atom stereocenters. The van der Waals surface area contributed by atoms with Gasteiger partial charge in [-0.15, -0.1) is 0 Å². The molecule has 2 nitrogen and oxygen atoms in total. The molecule has 0 aliphatic rings. The molecule has 0 fully saturated rings. The Morgan fingerprint density at radius 2 is 1.72 bits per heavy atom. The fourth-order valence-corrected chi connectivity index (χ4v) is 2.35. The Morgan fingerprint density at radius 1 is 1.22 bits per heavy atom. The topological polar surface area (TPSA) is 43.1 Å². The van der Waals surface area contributed by atoms with E-state index in [9.17, 15) is 4.79 Å². The summed E-state index contributed by atoms with van der Waals surface area (Å²) in [6.45, 7) is 10.3. The maximum absolute atomic E-state index is 12.2. The Morgan fingerprint density at radius 3 is 2.17 bits per heavy atom. The van der Waals surface area contributed by atoms with Crippen molar-refractivity contribution in [3.05, 3.63) is 34.4 Å². The van der Waals surface area contributed by atoms with E-state index >= 15 is 0 Å². The van der Waals surface area contributed by atoms with Crippen LogP contribution >= 0.6 is 0 Å². The van der Waals surface area contributed by atoms with E-state index in [1.807, 2.05) is 6.92 Å². The van der Waals surface area contributed by atoms with Crippen molar-refractivity contribution in [3.8, 4) is 0 Å². The van der Waals surface area contributed by atoms with Crippen molar-refractivity contribution in [2.75, 3.05) is 0 Å². The third-order valence-electron chi connectivity index (χ3n) is 3.82. The van der Waals surface area contributed by atoms with E-state index in [0.717, 1.165) is 12.0 Å². The van der Waals surface area contributed by atoms with Crippen molar-refractivity contribution in [1.82, 2.24) is 0 Å². The highest BCUT2D eigenvalue weighted by Crippen LogP contribution is 2.18. The Bertz CT molecular complexity index is 414. The lowest BCUT2D eigenvalue weighted by Gasteiger charge is -2.18. The predicted molar refractivity (Wildman–Crippen MR) is 76.8 cm³/mol. The molecule has 2 unspecified atom stereocenters. The lowest BCUT2D eigenvalue weighted by atomic mass is 9.89. The minimum absolute atomic E-state index is 0.152.